The molecule has 3 saturated carbocycles. The van der Waals surface area contributed by atoms with Crippen LogP contribution in [-0.4, -0.2) is 38.6 Å². The maximum atomic E-state index is 13.1. The Kier molecular flexibility index (Phi) is 3.26. The van der Waals surface area contributed by atoms with E-state index in [1.165, 1.54) is 31.4 Å². The van der Waals surface area contributed by atoms with Crippen LogP contribution in [0.1, 0.15) is 36.4 Å². The predicted octanol–water partition coefficient (Wildman–Crippen LogP) is 2.85. The van der Waals surface area contributed by atoms with Crippen molar-refractivity contribution in [1.82, 2.24) is 9.97 Å². The fourth-order valence-corrected chi connectivity index (χ4v) is 6.19. The fraction of sp³-hybridized carbons (Fsp3) is 0.500. The average molecular weight is 384 g/mol. The van der Waals surface area contributed by atoms with Crippen LogP contribution in [0.25, 0.3) is 0 Å². The summed E-state index contributed by atoms with van der Waals surface area (Å²) in [7, 11) is -0.991. The Morgan fingerprint density at radius 1 is 1.15 bits per heavy atom. The molecule has 3 heterocycles. The van der Waals surface area contributed by atoms with Crippen LogP contribution in [0, 0.1) is 11.7 Å². The molecule has 140 valence electrons. The van der Waals surface area contributed by atoms with Crippen molar-refractivity contribution in [3.8, 4) is 0 Å². The van der Waals surface area contributed by atoms with Gasteiger partial charge in [0.15, 0.2) is 0 Å². The van der Waals surface area contributed by atoms with Gasteiger partial charge in [0, 0.05) is 36.7 Å². The number of aryl methyl sites for hydroxylation is 1. The number of rotatable bonds is 4. The summed E-state index contributed by atoms with van der Waals surface area (Å²) in [5, 5.41) is 3.63. The van der Waals surface area contributed by atoms with Gasteiger partial charge in [-0.1, -0.05) is 12.1 Å². The fourth-order valence-electron chi connectivity index (χ4n) is 4.88. The molecular formula is C20H21FN4OS. The number of fused-ring (bicyclic) bond motifs is 1. The molecule has 2 aromatic rings. The molecule has 4 fully saturated rings. The van der Waals surface area contributed by atoms with Crippen molar-refractivity contribution in [3.63, 3.8) is 0 Å². The lowest BCUT2D eigenvalue weighted by Crippen LogP contribution is -2.63. The first-order chi connectivity index (χ1) is 13.1. The largest absolute Gasteiger partial charge is 0.363 e. The van der Waals surface area contributed by atoms with Crippen molar-refractivity contribution >= 4 is 22.6 Å². The van der Waals surface area contributed by atoms with Crippen LogP contribution in [0.15, 0.2) is 29.2 Å². The molecule has 2 bridgehead atoms. The summed E-state index contributed by atoms with van der Waals surface area (Å²) < 4.78 is 25.6. The van der Waals surface area contributed by atoms with Crippen molar-refractivity contribution in [1.29, 1.82) is 0 Å². The Labute approximate surface area is 159 Å². The Balaban J connectivity index is 1.26. The van der Waals surface area contributed by atoms with Gasteiger partial charge in [-0.15, -0.1) is 0 Å². The van der Waals surface area contributed by atoms with E-state index in [1.54, 1.807) is 0 Å². The van der Waals surface area contributed by atoms with E-state index in [4.69, 9.17) is 9.97 Å². The molecule has 2 aliphatic heterocycles. The minimum atomic E-state index is -0.991. The van der Waals surface area contributed by atoms with E-state index < -0.39 is 10.8 Å². The summed E-state index contributed by atoms with van der Waals surface area (Å²) >= 11 is 0. The smallest absolute Gasteiger partial charge is 0.227 e. The van der Waals surface area contributed by atoms with E-state index in [0.29, 0.717) is 11.7 Å². The highest BCUT2D eigenvalue weighted by atomic mass is 32.2. The van der Waals surface area contributed by atoms with Gasteiger partial charge in [-0.2, -0.15) is 4.98 Å². The van der Waals surface area contributed by atoms with Crippen LogP contribution in [-0.2, 0) is 17.2 Å². The second-order valence-electron chi connectivity index (χ2n) is 8.48. The van der Waals surface area contributed by atoms with Crippen molar-refractivity contribution in [2.75, 3.05) is 29.1 Å². The second kappa shape index (κ2) is 5.50. The first kappa shape index (κ1) is 16.0. The maximum absolute atomic E-state index is 13.1. The normalized spacial score (nSPS) is 30.9. The summed E-state index contributed by atoms with van der Waals surface area (Å²) in [6, 6.07) is 6.76. The van der Waals surface area contributed by atoms with Gasteiger partial charge in [0.25, 0.3) is 0 Å². The van der Waals surface area contributed by atoms with Gasteiger partial charge in [0.2, 0.25) is 5.95 Å². The highest BCUT2D eigenvalue weighted by Gasteiger charge is 2.57. The second-order valence-corrected chi connectivity index (χ2v) is 9.99. The van der Waals surface area contributed by atoms with Crippen molar-refractivity contribution in [3.05, 3.63) is 41.3 Å². The van der Waals surface area contributed by atoms with Gasteiger partial charge in [-0.25, -0.2) is 9.37 Å². The molecular weight excluding hydrogens is 363 g/mol. The third kappa shape index (κ3) is 2.43. The Morgan fingerprint density at radius 3 is 2.56 bits per heavy atom. The summed E-state index contributed by atoms with van der Waals surface area (Å²) in [5.74, 6) is 3.24. The number of benzene rings is 1. The molecule has 7 heteroatoms. The number of hydrogen-bond donors (Lipinski definition) is 1. The summed E-state index contributed by atoms with van der Waals surface area (Å²) in [6.45, 7) is 1.67. The topological polar surface area (TPSA) is 58.1 Å². The van der Waals surface area contributed by atoms with Crippen LogP contribution in [0.5, 0.6) is 0 Å². The van der Waals surface area contributed by atoms with Crippen LogP contribution < -0.4 is 10.2 Å². The zero-order valence-electron chi connectivity index (χ0n) is 14.9. The minimum Gasteiger partial charge on any atom is -0.363 e. The minimum absolute atomic E-state index is 0.197. The monoisotopic (exact) mass is 384 g/mol. The molecule has 1 aromatic heterocycles. The molecule has 27 heavy (non-hydrogen) atoms. The third-order valence-corrected chi connectivity index (χ3v) is 8.06. The quantitative estimate of drug-likeness (QED) is 0.879. The number of hydrogen-bond acceptors (Lipinski definition) is 5. The number of aromatic nitrogens is 2. The summed E-state index contributed by atoms with van der Waals surface area (Å²) in [6.07, 6.45) is 4.40. The van der Waals surface area contributed by atoms with Crippen LogP contribution >= 0.6 is 0 Å². The highest BCUT2D eigenvalue weighted by Crippen LogP contribution is 2.58. The standard InChI is InChI=1S/C20H21FN4OS/c21-15-3-1-13(2-4-15)14-10-25(11-14)19-22-16-5-6-27(26)17(16)18(23-19)24-20-7-12(8-20)9-20/h1-4,12,14H,5-11H2,(H,22,23,24)/t12?,20?,27-/m0/s1. The van der Waals surface area contributed by atoms with Crippen LogP contribution in [0.2, 0.25) is 0 Å². The summed E-state index contributed by atoms with van der Waals surface area (Å²) in [4.78, 5) is 12.5. The Hall–Kier alpha value is -2.02. The van der Waals surface area contributed by atoms with Gasteiger partial charge in [-0.3, -0.25) is 4.21 Å². The van der Waals surface area contributed by atoms with Gasteiger partial charge in [0.05, 0.1) is 16.5 Å². The molecule has 1 atom stereocenters. The molecule has 3 aliphatic carbocycles. The van der Waals surface area contributed by atoms with E-state index in [0.717, 1.165) is 53.3 Å². The van der Waals surface area contributed by atoms with E-state index in [2.05, 4.69) is 10.2 Å². The molecule has 5 aliphatic rings. The van der Waals surface area contributed by atoms with Gasteiger partial charge in [-0.05, 0) is 42.9 Å². The van der Waals surface area contributed by atoms with Gasteiger partial charge in [0.1, 0.15) is 16.5 Å². The zero-order chi connectivity index (χ0) is 18.2. The molecule has 5 nitrogen and oxygen atoms in total. The lowest BCUT2D eigenvalue weighted by molar-refractivity contribution is 0.00158. The van der Waals surface area contributed by atoms with E-state index >= 15 is 0 Å². The molecule has 1 saturated heterocycles. The number of nitrogens with one attached hydrogen (secondary N) is 1. The molecule has 0 amide bonds. The van der Waals surface area contributed by atoms with Crippen LogP contribution in [0.3, 0.4) is 0 Å². The van der Waals surface area contributed by atoms with Crippen molar-refractivity contribution in [2.45, 2.75) is 42.0 Å². The van der Waals surface area contributed by atoms with Crippen molar-refractivity contribution < 1.29 is 8.60 Å². The highest BCUT2D eigenvalue weighted by molar-refractivity contribution is 7.85. The molecule has 7 rings (SSSR count). The maximum Gasteiger partial charge on any atom is 0.227 e. The predicted molar refractivity (Wildman–Crippen MR) is 102 cm³/mol. The first-order valence-corrected chi connectivity index (χ1v) is 11.0. The molecule has 1 N–H and O–H groups in total. The summed E-state index contributed by atoms with van der Waals surface area (Å²) in [5.41, 5.74) is 2.29. The van der Waals surface area contributed by atoms with Gasteiger partial charge >= 0.3 is 0 Å². The molecule has 0 spiro atoms. The SMILES string of the molecule is O=[S@]1CCc2nc(N3CC(c4ccc(F)cc4)C3)nc(NC34CC(C3)C4)c21. The van der Waals surface area contributed by atoms with E-state index in [9.17, 15) is 8.60 Å². The zero-order valence-corrected chi connectivity index (χ0v) is 15.8. The van der Waals surface area contributed by atoms with Crippen molar-refractivity contribution in [2.24, 2.45) is 5.92 Å². The number of halogens is 1. The average Bonchev–Trinajstić information content (AvgIpc) is 2.91. The number of anilines is 2. The third-order valence-electron chi connectivity index (χ3n) is 6.60. The molecule has 0 unspecified atom stereocenters. The van der Waals surface area contributed by atoms with Gasteiger partial charge < -0.3 is 10.2 Å². The Morgan fingerprint density at radius 2 is 1.89 bits per heavy atom. The van der Waals surface area contributed by atoms with E-state index in [-0.39, 0.29) is 11.4 Å². The molecule has 0 radical (unpaired) electrons. The number of nitrogens with zero attached hydrogens (tertiary/aromatic N) is 3. The Bertz CT molecular complexity index is 940. The lowest BCUT2D eigenvalue weighted by atomic mass is 9.50. The van der Waals surface area contributed by atoms with E-state index in [1.807, 2.05) is 12.1 Å². The molecule has 1 aromatic carbocycles. The van der Waals surface area contributed by atoms with Crippen LogP contribution in [0.4, 0.5) is 16.2 Å². The lowest BCUT2D eigenvalue weighted by Gasteiger charge is -2.62. The first-order valence-electron chi connectivity index (χ1n) is 9.66.